The second-order valence-corrected chi connectivity index (χ2v) is 8.63. The van der Waals surface area contributed by atoms with Gasteiger partial charge in [-0.2, -0.15) is 36.3 Å². The first-order valence-electron chi connectivity index (χ1n) is 10.4. The SMILES string of the molecule is CCC(C)C[C@H]1c2[nH]c3ccc(Cl)cc3c2CCN1c1nc(C(F)(F)F)nc(C(F)(F)F)n1. The van der Waals surface area contributed by atoms with Gasteiger partial charge in [0.1, 0.15) is 0 Å². The lowest BCUT2D eigenvalue weighted by atomic mass is 9.90. The van der Waals surface area contributed by atoms with Crippen molar-refractivity contribution in [3.8, 4) is 0 Å². The number of anilines is 1. The number of aromatic nitrogens is 4. The molecule has 2 atom stereocenters. The number of nitrogens with zero attached hydrogens (tertiary/aromatic N) is 4. The van der Waals surface area contributed by atoms with E-state index in [0.717, 1.165) is 28.6 Å². The topological polar surface area (TPSA) is 57.7 Å². The Morgan fingerprint density at radius 2 is 1.73 bits per heavy atom. The highest BCUT2D eigenvalue weighted by Gasteiger charge is 2.43. The molecule has 1 aromatic carbocycles. The third kappa shape index (κ3) is 4.60. The van der Waals surface area contributed by atoms with Crippen molar-refractivity contribution in [2.45, 2.75) is 51.5 Å². The van der Waals surface area contributed by atoms with Crippen LogP contribution in [0.3, 0.4) is 0 Å². The van der Waals surface area contributed by atoms with Gasteiger partial charge in [0, 0.05) is 28.2 Å². The number of hydrogen-bond acceptors (Lipinski definition) is 4. The summed E-state index contributed by atoms with van der Waals surface area (Å²) in [5.74, 6) is -4.22. The zero-order valence-corrected chi connectivity index (χ0v) is 18.4. The van der Waals surface area contributed by atoms with Crippen LogP contribution in [0.25, 0.3) is 10.9 Å². The van der Waals surface area contributed by atoms with Crippen LogP contribution in [-0.2, 0) is 18.8 Å². The summed E-state index contributed by atoms with van der Waals surface area (Å²) in [6, 6.07) is 4.77. The predicted molar refractivity (Wildman–Crippen MR) is 111 cm³/mol. The molecule has 33 heavy (non-hydrogen) atoms. The average Bonchev–Trinajstić information content (AvgIpc) is 3.10. The molecule has 0 fully saturated rings. The normalized spacial score (nSPS) is 18.0. The zero-order valence-electron chi connectivity index (χ0n) is 17.6. The van der Waals surface area contributed by atoms with Crippen LogP contribution in [0.1, 0.15) is 55.6 Å². The molecule has 3 heterocycles. The minimum Gasteiger partial charge on any atom is -0.356 e. The molecule has 1 aliphatic heterocycles. The van der Waals surface area contributed by atoms with Crippen LogP contribution in [0, 0.1) is 5.92 Å². The van der Waals surface area contributed by atoms with Gasteiger partial charge in [0.2, 0.25) is 17.6 Å². The van der Waals surface area contributed by atoms with E-state index in [0.29, 0.717) is 17.9 Å². The maximum Gasteiger partial charge on any atom is 0.451 e. The fourth-order valence-corrected chi connectivity index (χ4v) is 4.29. The van der Waals surface area contributed by atoms with Crippen LogP contribution < -0.4 is 4.90 Å². The molecule has 0 aliphatic carbocycles. The summed E-state index contributed by atoms with van der Waals surface area (Å²) in [6.07, 6.45) is -8.66. The Bertz CT molecular complexity index is 1140. The van der Waals surface area contributed by atoms with Gasteiger partial charge in [-0.3, -0.25) is 0 Å². The number of H-pyrrole nitrogens is 1. The number of alkyl halides is 6. The highest BCUT2D eigenvalue weighted by molar-refractivity contribution is 6.31. The lowest BCUT2D eigenvalue weighted by molar-refractivity contribution is -0.155. The van der Waals surface area contributed by atoms with Gasteiger partial charge in [-0.05, 0) is 42.5 Å². The molecule has 1 aliphatic rings. The standard InChI is InChI=1S/C21H20ClF6N5/c1-3-10(2)8-15-16-12(13-9-11(22)4-5-14(13)29-16)6-7-33(15)19-31-17(20(23,24)25)30-18(32-19)21(26,27)28/h4-5,9-10,15,29H,3,6-8H2,1-2H3/t10?,15-/m0/s1. The second-order valence-electron chi connectivity index (χ2n) is 8.19. The summed E-state index contributed by atoms with van der Waals surface area (Å²) < 4.78 is 79.9. The number of hydrogen-bond donors (Lipinski definition) is 1. The molecule has 0 spiro atoms. The van der Waals surface area contributed by atoms with E-state index in [9.17, 15) is 26.3 Å². The number of nitrogens with one attached hydrogen (secondary N) is 1. The predicted octanol–water partition coefficient (Wildman–Crippen LogP) is 6.58. The molecule has 5 nitrogen and oxygen atoms in total. The first kappa shape index (κ1) is 23.6. The van der Waals surface area contributed by atoms with E-state index in [4.69, 9.17) is 11.6 Å². The molecular weight excluding hydrogens is 472 g/mol. The van der Waals surface area contributed by atoms with Crippen LogP contribution in [0.5, 0.6) is 0 Å². The number of aromatic amines is 1. The van der Waals surface area contributed by atoms with E-state index in [1.807, 2.05) is 13.8 Å². The molecule has 0 bridgehead atoms. The van der Waals surface area contributed by atoms with Gasteiger partial charge in [0.05, 0.1) is 6.04 Å². The molecule has 12 heteroatoms. The van der Waals surface area contributed by atoms with Crippen LogP contribution in [0.4, 0.5) is 32.3 Å². The smallest absolute Gasteiger partial charge is 0.356 e. The van der Waals surface area contributed by atoms with Crippen molar-refractivity contribution in [3.63, 3.8) is 0 Å². The maximum atomic E-state index is 13.3. The maximum absolute atomic E-state index is 13.3. The molecule has 1 unspecified atom stereocenters. The number of halogens is 7. The summed E-state index contributed by atoms with van der Waals surface area (Å²) in [5, 5.41) is 1.42. The van der Waals surface area contributed by atoms with Gasteiger partial charge < -0.3 is 9.88 Å². The van der Waals surface area contributed by atoms with Crippen molar-refractivity contribution >= 4 is 28.5 Å². The van der Waals surface area contributed by atoms with E-state index < -0.39 is 36.0 Å². The van der Waals surface area contributed by atoms with Crippen molar-refractivity contribution in [1.82, 2.24) is 19.9 Å². The van der Waals surface area contributed by atoms with Crippen LogP contribution >= 0.6 is 11.6 Å². The zero-order chi connectivity index (χ0) is 24.1. The quantitative estimate of drug-likeness (QED) is 0.419. The molecule has 1 N–H and O–H groups in total. The van der Waals surface area contributed by atoms with Gasteiger partial charge >= 0.3 is 12.4 Å². The van der Waals surface area contributed by atoms with Crippen molar-refractivity contribution in [2.24, 2.45) is 5.92 Å². The third-order valence-corrected chi connectivity index (χ3v) is 6.16. The Kier molecular flexibility index (Phi) is 5.96. The highest BCUT2D eigenvalue weighted by Crippen LogP contribution is 2.41. The van der Waals surface area contributed by atoms with Crippen molar-refractivity contribution < 1.29 is 26.3 Å². The van der Waals surface area contributed by atoms with Gasteiger partial charge in [0.25, 0.3) is 0 Å². The molecule has 3 aromatic rings. The number of benzene rings is 1. The van der Waals surface area contributed by atoms with Crippen LogP contribution in [-0.4, -0.2) is 26.5 Å². The Morgan fingerprint density at radius 3 is 2.30 bits per heavy atom. The second kappa shape index (κ2) is 8.34. The van der Waals surface area contributed by atoms with E-state index in [1.54, 1.807) is 18.2 Å². The fraction of sp³-hybridized carbons (Fsp3) is 0.476. The minimum absolute atomic E-state index is 0.143. The minimum atomic E-state index is -5.15. The summed E-state index contributed by atoms with van der Waals surface area (Å²) in [7, 11) is 0. The Morgan fingerprint density at radius 1 is 1.09 bits per heavy atom. The van der Waals surface area contributed by atoms with Crippen molar-refractivity contribution in [2.75, 3.05) is 11.4 Å². The van der Waals surface area contributed by atoms with E-state index in [2.05, 4.69) is 19.9 Å². The largest absolute Gasteiger partial charge is 0.451 e. The molecule has 0 saturated heterocycles. The Hall–Kier alpha value is -2.56. The van der Waals surface area contributed by atoms with Gasteiger partial charge in [-0.1, -0.05) is 31.9 Å². The first-order valence-corrected chi connectivity index (χ1v) is 10.7. The molecule has 4 rings (SSSR count). The van der Waals surface area contributed by atoms with Crippen LogP contribution in [0.2, 0.25) is 5.02 Å². The highest BCUT2D eigenvalue weighted by atomic mass is 35.5. The van der Waals surface area contributed by atoms with Gasteiger partial charge in [-0.25, -0.2) is 4.98 Å². The molecule has 0 radical (unpaired) electrons. The number of rotatable bonds is 4. The summed E-state index contributed by atoms with van der Waals surface area (Å²) >= 11 is 6.14. The van der Waals surface area contributed by atoms with Crippen molar-refractivity contribution in [1.29, 1.82) is 0 Å². The van der Waals surface area contributed by atoms with Crippen LogP contribution in [0.15, 0.2) is 18.2 Å². The molecule has 0 amide bonds. The molecule has 2 aromatic heterocycles. The van der Waals surface area contributed by atoms with E-state index in [1.165, 1.54) is 4.90 Å². The van der Waals surface area contributed by atoms with Gasteiger partial charge in [0.15, 0.2) is 0 Å². The lowest BCUT2D eigenvalue weighted by Gasteiger charge is -2.37. The summed E-state index contributed by atoms with van der Waals surface area (Å²) in [5.41, 5.74) is 2.46. The third-order valence-electron chi connectivity index (χ3n) is 5.92. The lowest BCUT2D eigenvalue weighted by Crippen LogP contribution is -2.38. The fourth-order valence-electron chi connectivity index (χ4n) is 4.12. The Labute approximate surface area is 190 Å². The summed E-state index contributed by atoms with van der Waals surface area (Å²) in [4.78, 5) is 14.2. The first-order chi connectivity index (χ1) is 15.4. The number of fused-ring (bicyclic) bond motifs is 3. The van der Waals surface area contributed by atoms with E-state index >= 15 is 0 Å². The molecular formula is C21H20ClF6N5. The van der Waals surface area contributed by atoms with Gasteiger partial charge in [-0.15, -0.1) is 0 Å². The monoisotopic (exact) mass is 491 g/mol. The Balaban J connectivity index is 1.87. The average molecular weight is 492 g/mol. The van der Waals surface area contributed by atoms with E-state index in [-0.39, 0.29) is 12.5 Å². The molecule has 178 valence electrons. The molecule has 0 saturated carbocycles. The summed E-state index contributed by atoms with van der Waals surface area (Å²) in [6.45, 7) is 4.09. The van der Waals surface area contributed by atoms with Crippen molar-refractivity contribution in [3.05, 3.63) is 46.1 Å².